The second-order valence-corrected chi connectivity index (χ2v) is 5.60. The van der Waals surface area contributed by atoms with E-state index in [0.29, 0.717) is 11.3 Å². The summed E-state index contributed by atoms with van der Waals surface area (Å²) in [4.78, 5) is 16.6. The van der Waals surface area contributed by atoms with Crippen molar-refractivity contribution in [2.75, 3.05) is 12.8 Å². The van der Waals surface area contributed by atoms with E-state index in [4.69, 9.17) is 22.1 Å². The molecule has 2 aromatic carbocycles. The molecule has 3 rings (SSSR count). The number of aryl methyl sites for hydroxylation is 1. The van der Waals surface area contributed by atoms with E-state index in [1.54, 1.807) is 6.07 Å². The highest BCUT2D eigenvalue weighted by molar-refractivity contribution is 6.34. The van der Waals surface area contributed by atoms with Gasteiger partial charge in [0.15, 0.2) is 0 Å². The zero-order valence-electron chi connectivity index (χ0n) is 12.8. The Bertz CT molecular complexity index is 908. The molecule has 2 N–H and O–H groups in total. The number of fused-ring (bicyclic) bond motifs is 1. The number of anilines is 1. The number of halogens is 1. The molecule has 5 heteroatoms. The summed E-state index contributed by atoms with van der Waals surface area (Å²) in [6.07, 6.45) is 0. The van der Waals surface area contributed by atoms with Gasteiger partial charge in [-0.05, 0) is 30.2 Å². The molecule has 116 valence electrons. The Hall–Kier alpha value is -2.59. The fraction of sp³-hybridized carbons (Fsp3) is 0.111. The third kappa shape index (κ3) is 2.62. The highest BCUT2D eigenvalue weighted by atomic mass is 35.5. The van der Waals surface area contributed by atoms with E-state index in [2.05, 4.69) is 4.98 Å². The maximum absolute atomic E-state index is 12.3. The Morgan fingerprint density at radius 2 is 1.91 bits per heavy atom. The van der Waals surface area contributed by atoms with E-state index in [1.165, 1.54) is 7.11 Å². The van der Waals surface area contributed by atoms with Gasteiger partial charge < -0.3 is 10.5 Å². The molecule has 0 saturated heterocycles. The fourth-order valence-electron chi connectivity index (χ4n) is 2.73. The van der Waals surface area contributed by atoms with E-state index in [0.717, 1.165) is 22.0 Å². The highest BCUT2D eigenvalue weighted by Crippen LogP contribution is 2.37. The third-order valence-corrected chi connectivity index (χ3v) is 3.98. The van der Waals surface area contributed by atoms with Crippen LogP contribution in [0.25, 0.3) is 22.0 Å². The molecule has 1 heterocycles. The summed E-state index contributed by atoms with van der Waals surface area (Å²) in [6, 6.07) is 13.2. The molecule has 23 heavy (non-hydrogen) atoms. The van der Waals surface area contributed by atoms with Gasteiger partial charge in [0.1, 0.15) is 10.7 Å². The van der Waals surface area contributed by atoms with Gasteiger partial charge in [-0.1, -0.05) is 41.9 Å². The summed E-state index contributed by atoms with van der Waals surface area (Å²) in [5, 5.41) is 0.898. The van der Waals surface area contributed by atoms with Gasteiger partial charge in [0, 0.05) is 16.6 Å². The fourth-order valence-corrected chi connectivity index (χ4v) is 2.99. The lowest BCUT2D eigenvalue weighted by atomic mass is 9.94. The Kier molecular flexibility index (Phi) is 3.92. The average Bonchev–Trinajstić information content (AvgIpc) is 2.54. The van der Waals surface area contributed by atoms with E-state index in [-0.39, 0.29) is 10.7 Å². The molecule has 0 aliphatic carbocycles. The van der Waals surface area contributed by atoms with Crippen molar-refractivity contribution in [1.29, 1.82) is 0 Å². The molecule has 3 aromatic rings. The van der Waals surface area contributed by atoms with Gasteiger partial charge >= 0.3 is 5.97 Å². The van der Waals surface area contributed by atoms with Crippen molar-refractivity contribution in [2.24, 2.45) is 0 Å². The third-order valence-electron chi connectivity index (χ3n) is 3.71. The van der Waals surface area contributed by atoms with Crippen LogP contribution in [0.5, 0.6) is 0 Å². The van der Waals surface area contributed by atoms with Gasteiger partial charge in [0.2, 0.25) is 0 Å². The number of carbonyl (C=O) groups is 1. The van der Waals surface area contributed by atoms with Gasteiger partial charge in [0.05, 0.1) is 12.6 Å². The first-order chi connectivity index (χ1) is 11.0. The highest BCUT2D eigenvalue weighted by Gasteiger charge is 2.22. The molecule has 0 unspecified atom stereocenters. The molecule has 0 amide bonds. The van der Waals surface area contributed by atoms with Crippen LogP contribution in [0, 0.1) is 6.92 Å². The quantitative estimate of drug-likeness (QED) is 0.435. The number of ether oxygens (including phenoxy) is 1. The standard InChI is InChI=1S/C18H15ClN2O2/c1-10-8-12(20)9-13-14(11-6-4-3-5-7-11)15(18(22)23-2)17(19)21-16(10)13/h3-9H,20H2,1-2H3. The van der Waals surface area contributed by atoms with Crippen molar-refractivity contribution in [1.82, 2.24) is 4.98 Å². The van der Waals surface area contributed by atoms with E-state index < -0.39 is 5.97 Å². The van der Waals surface area contributed by atoms with Gasteiger partial charge in [-0.3, -0.25) is 0 Å². The van der Waals surface area contributed by atoms with Crippen LogP contribution in [-0.4, -0.2) is 18.1 Å². The number of nitrogens with two attached hydrogens (primary N) is 1. The zero-order valence-corrected chi connectivity index (χ0v) is 13.5. The van der Waals surface area contributed by atoms with Gasteiger partial charge in [0.25, 0.3) is 0 Å². The van der Waals surface area contributed by atoms with Crippen molar-refractivity contribution < 1.29 is 9.53 Å². The van der Waals surface area contributed by atoms with E-state index >= 15 is 0 Å². The lowest BCUT2D eigenvalue weighted by Crippen LogP contribution is -2.07. The minimum Gasteiger partial charge on any atom is -0.465 e. The molecule has 0 atom stereocenters. The number of hydrogen-bond donors (Lipinski definition) is 1. The number of aromatic nitrogens is 1. The summed E-state index contributed by atoms with van der Waals surface area (Å²) >= 11 is 6.30. The predicted octanol–water partition coefficient (Wildman–Crippen LogP) is 4.23. The van der Waals surface area contributed by atoms with Crippen LogP contribution in [0.15, 0.2) is 42.5 Å². The monoisotopic (exact) mass is 326 g/mol. The van der Waals surface area contributed by atoms with Crippen LogP contribution in [-0.2, 0) is 4.74 Å². The summed E-state index contributed by atoms with van der Waals surface area (Å²) in [5.74, 6) is -0.525. The molecular weight excluding hydrogens is 312 g/mol. The second kappa shape index (κ2) is 5.89. The molecular formula is C18H15ClN2O2. The first-order valence-electron chi connectivity index (χ1n) is 7.06. The van der Waals surface area contributed by atoms with Gasteiger partial charge in [-0.15, -0.1) is 0 Å². The number of hydrogen-bond acceptors (Lipinski definition) is 4. The number of rotatable bonds is 2. The smallest absolute Gasteiger partial charge is 0.341 e. The Morgan fingerprint density at radius 1 is 1.22 bits per heavy atom. The zero-order chi connectivity index (χ0) is 16.6. The lowest BCUT2D eigenvalue weighted by Gasteiger charge is -2.15. The van der Waals surface area contributed by atoms with Crippen LogP contribution in [0.4, 0.5) is 5.69 Å². The summed E-state index contributed by atoms with van der Waals surface area (Å²) in [7, 11) is 1.32. The predicted molar refractivity (Wildman–Crippen MR) is 92.7 cm³/mol. The molecule has 0 aliphatic rings. The minimum absolute atomic E-state index is 0.121. The summed E-state index contributed by atoms with van der Waals surface area (Å²) in [6.45, 7) is 1.91. The first kappa shape index (κ1) is 15.3. The van der Waals surface area contributed by atoms with Crippen LogP contribution >= 0.6 is 11.6 Å². The second-order valence-electron chi connectivity index (χ2n) is 5.24. The lowest BCUT2D eigenvalue weighted by molar-refractivity contribution is 0.0601. The van der Waals surface area contributed by atoms with Crippen LogP contribution in [0.1, 0.15) is 15.9 Å². The summed E-state index contributed by atoms with van der Waals surface area (Å²) < 4.78 is 4.89. The molecule has 0 aliphatic heterocycles. The molecule has 0 saturated carbocycles. The molecule has 4 nitrogen and oxygen atoms in total. The normalized spacial score (nSPS) is 10.7. The Labute approximate surface area is 138 Å². The maximum atomic E-state index is 12.3. The summed E-state index contributed by atoms with van der Waals surface area (Å²) in [5.41, 5.74) is 10.00. The topological polar surface area (TPSA) is 65.2 Å². The number of nitrogen functional groups attached to an aromatic ring is 1. The van der Waals surface area contributed by atoms with Crippen molar-refractivity contribution in [2.45, 2.75) is 6.92 Å². The largest absolute Gasteiger partial charge is 0.465 e. The SMILES string of the molecule is COC(=O)c1c(Cl)nc2c(C)cc(N)cc2c1-c1ccccc1. The van der Waals surface area contributed by atoms with Crippen LogP contribution < -0.4 is 5.73 Å². The first-order valence-corrected chi connectivity index (χ1v) is 7.43. The van der Waals surface area contributed by atoms with Crippen molar-refractivity contribution in [3.05, 3.63) is 58.7 Å². The van der Waals surface area contributed by atoms with Gasteiger partial charge in [-0.2, -0.15) is 0 Å². The Balaban J connectivity index is 2.52. The average molecular weight is 327 g/mol. The molecule has 1 aromatic heterocycles. The minimum atomic E-state index is -0.525. The number of benzene rings is 2. The molecule has 0 spiro atoms. The van der Waals surface area contributed by atoms with Gasteiger partial charge in [-0.25, -0.2) is 9.78 Å². The molecule has 0 fully saturated rings. The van der Waals surface area contributed by atoms with Crippen LogP contribution in [0.2, 0.25) is 5.15 Å². The van der Waals surface area contributed by atoms with E-state index in [1.807, 2.05) is 43.3 Å². The number of nitrogens with zero attached hydrogens (tertiary/aromatic N) is 1. The number of pyridine rings is 1. The number of esters is 1. The van der Waals surface area contributed by atoms with Crippen LogP contribution in [0.3, 0.4) is 0 Å². The number of methoxy groups -OCH3 is 1. The van der Waals surface area contributed by atoms with Crippen molar-refractivity contribution >= 4 is 34.2 Å². The number of carbonyl (C=O) groups excluding carboxylic acids is 1. The molecule has 0 bridgehead atoms. The maximum Gasteiger partial charge on any atom is 0.341 e. The Morgan fingerprint density at radius 3 is 2.57 bits per heavy atom. The van der Waals surface area contributed by atoms with Crippen molar-refractivity contribution in [3.63, 3.8) is 0 Å². The van der Waals surface area contributed by atoms with E-state index in [9.17, 15) is 4.79 Å². The molecule has 0 radical (unpaired) electrons. The van der Waals surface area contributed by atoms with Crippen molar-refractivity contribution in [3.8, 4) is 11.1 Å².